The average molecular weight is 269 g/mol. The molecule has 0 fully saturated rings. The number of ether oxygens (including phenoxy) is 1. The summed E-state index contributed by atoms with van der Waals surface area (Å²) >= 11 is 0. The first-order chi connectivity index (χ1) is 8.58. The summed E-state index contributed by atoms with van der Waals surface area (Å²) in [5, 5.41) is 0. The van der Waals surface area contributed by atoms with Gasteiger partial charge in [0.25, 0.3) is 0 Å². The zero-order valence-electron chi connectivity index (χ0n) is 12.7. The third-order valence-corrected chi connectivity index (χ3v) is 2.71. The zero-order valence-corrected chi connectivity index (χ0v) is 12.7. The number of esters is 1. The van der Waals surface area contributed by atoms with E-state index in [9.17, 15) is 9.59 Å². The van der Waals surface area contributed by atoms with Crippen LogP contribution in [0.4, 0.5) is 0 Å². The number of rotatable bonds is 7. The van der Waals surface area contributed by atoms with E-state index in [2.05, 4.69) is 6.58 Å². The summed E-state index contributed by atoms with van der Waals surface area (Å²) in [6.07, 6.45) is 2.60. The number of nitrogens with two attached hydrogens (primary N) is 1. The second-order valence-electron chi connectivity index (χ2n) is 6.30. The van der Waals surface area contributed by atoms with Gasteiger partial charge in [0.05, 0.1) is 11.8 Å². The van der Waals surface area contributed by atoms with Crippen molar-refractivity contribution in [2.75, 3.05) is 0 Å². The predicted octanol–water partition coefficient (Wildman–Crippen LogP) is 2.67. The molecule has 1 amide bonds. The summed E-state index contributed by atoms with van der Waals surface area (Å²) in [6, 6.07) is 0. The van der Waals surface area contributed by atoms with Crippen LogP contribution in [0.2, 0.25) is 0 Å². The van der Waals surface area contributed by atoms with E-state index in [0.717, 1.165) is 0 Å². The Labute approximate surface area is 116 Å². The number of primary amides is 1. The van der Waals surface area contributed by atoms with Gasteiger partial charge in [0.15, 0.2) is 0 Å². The Balaban J connectivity index is 5.07. The Kier molecular flexibility index (Phi) is 6.81. The highest BCUT2D eigenvalue weighted by Gasteiger charge is 2.34. The lowest BCUT2D eigenvalue weighted by Gasteiger charge is -2.28. The summed E-state index contributed by atoms with van der Waals surface area (Å²) in [4.78, 5) is 23.8. The number of hydrogen-bond acceptors (Lipinski definition) is 3. The van der Waals surface area contributed by atoms with Gasteiger partial charge in [-0.25, -0.2) is 0 Å². The molecule has 0 saturated heterocycles. The first-order valence-corrected chi connectivity index (χ1v) is 6.71. The van der Waals surface area contributed by atoms with Crippen LogP contribution in [0.1, 0.15) is 47.5 Å². The molecule has 4 nitrogen and oxygen atoms in total. The van der Waals surface area contributed by atoms with Crippen LogP contribution >= 0.6 is 0 Å². The van der Waals surface area contributed by atoms with Gasteiger partial charge >= 0.3 is 5.97 Å². The van der Waals surface area contributed by atoms with Crippen molar-refractivity contribution in [1.82, 2.24) is 0 Å². The van der Waals surface area contributed by atoms with Gasteiger partial charge in [-0.05, 0) is 39.5 Å². The molecule has 0 saturated carbocycles. The van der Waals surface area contributed by atoms with Crippen molar-refractivity contribution in [2.24, 2.45) is 23.5 Å². The lowest BCUT2D eigenvalue weighted by molar-refractivity contribution is -0.163. The minimum atomic E-state index is -0.573. The summed E-state index contributed by atoms with van der Waals surface area (Å²) in [6.45, 7) is 13.0. The van der Waals surface area contributed by atoms with Crippen LogP contribution in [0, 0.1) is 17.8 Å². The van der Waals surface area contributed by atoms with Gasteiger partial charge in [0.2, 0.25) is 5.91 Å². The summed E-state index contributed by atoms with van der Waals surface area (Å²) in [5.74, 6) is -1.60. The standard InChI is InChI=1S/C15H27NO3/c1-7-8-11(14(18)19-15(4,5)6)12(13(16)17)9-10(2)3/h7,10-12H,1,8-9H2,2-6H3,(H2,16,17)/t11-,12+/m0/s1. The van der Waals surface area contributed by atoms with Crippen LogP contribution in [-0.2, 0) is 14.3 Å². The maximum absolute atomic E-state index is 12.2. The monoisotopic (exact) mass is 269 g/mol. The molecule has 0 bridgehead atoms. The smallest absolute Gasteiger partial charge is 0.310 e. The first kappa shape index (κ1) is 17.7. The quantitative estimate of drug-likeness (QED) is 0.570. The predicted molar refractivity (Wildman–Crippen MR) is 76.3 cm³/mol. The van der Waals surface area contributed by atoms with E-state index in [4.69, 9.17) is 10.5 Å². The third kappa shape index (κ3) is 6.99. The average Bonchev–Trinajstić information content (AvgIpc) is 2.19. The molecule has 0 aromatic rings. The molecular weight excluding hydrogens is 242 g/mol. The maximum atomic E-state index is 12.2. The fourth-order valence-electron chi connectivity index (χ4n) is 1.97. The molecule has 0 spiro atoms. The van der Waals surface area contributed by atoms with Crippen molar-refractivity contribution in [3.8, 4) is 0 Å². The molecule has 2 atom stereocenters. The van der Waals surface area contributed by atoms with Gasteiger partial charge in [-0.15, -0.1) is 6.58 Å². The van der Waals surface area contributed by atoms with E-state index < -0.39 is 23.3 Å². The number of carbonyl (C=O) groups is 2. The Morgan fingerprint density at radius 2 is 1.79 bits per heavy atom. The van der Waals surface area contributed by atoms with E-state index in [1.54, 1.807) is 26.8 Å². The molecule has 0 heterocycles. The molecule has 19 heavy (non-hydrogen) atoms. The molecule has 0 aromatic carbocycles. The fourth-order valence-corrected chi connectivity index (χ4v) is 1.97. The number of hydrogen-bond donors (Lipinski definition) is 1. The Morgan fingerprint density at radius 3 is 2.11 bits per heavy atom. The molecule has 0 aliphatic carbocycles. The molecule has 0 rings (SSSR count). The molecule has 0 aliphatic heterocycles. The molecular formula is C15H27NO3. The Morgan fingerprint density at radius 1 is 1.26 bits per heavy atom. The van der Waals surface area contributed by atoms with Crippen molar-refractivity contribution >= 4 is 11.9 Å². The van der Waals surface area contributed by atoms with Gasteiger partial charge in [0.1, 0.15) is 5.60 Å². The molecule has 0 aromatic heterocycles. The summed E-state index contributed by atoms with van der Waals surface area (Å²) in [5.41, 5.74) is 4.86. The first-order valence-electron chi connectivity index (χ1n) is 6.71. The number of amides is 1. The van der Waals surface area contributed by atoms with Crippen LogP contribution in [0.3, 0.4) is 0 Å². The van der Waals surface area contributed by atoms with Gasteiger partial charge in [-0.2, -0.15) is 0 Å². The molecule has 110 valence electrons. The molecule has 2 N–H and O–H groups in total. The largest absolute Gasteiger partial charge is 0.460 e. The van der Waals surface area contributed by atoms with Crippen molar-refractivity contribution < 1.29 is 14.3 Å². The van der Waals surface area contributed by atoms with Gasteiger partial charge in [-0.3, -0.25) is 9.59 Å². The molecule has 0 unspecified atom stereocenters. The highest BCUT2D eigenvalue weighted by Crippen LogP contribution is 2.26. The van der Waals surface area contributed by atoms with E-state index in [1.807, 2.05) is 13.8 Å². The second-order valence-corrected chi connectivity index (χ2v) is 6.30. The van der Waals surface area contributed by atoms with E-state index in [1.165, 1.54) is 0 Å². The van der Waals surface area contributed by atoms with Gasteiger partial charge < -0.3 is 10.5 Å². The SMILES string of the molecule is C=CC[C@H](C(=O)OC(C)(C)C)[C@@H](CC(C)C)C(N)=O. The fraction of sp³-hybridized carbons (Fsp3) is 0.733. The lowest BCUT2D eigenvalue weighted by atomic mass is 9.82. The topological polar surface area (TPSA) is 69.4 Å². The number of allylic oxidation sites excluding steroid dienone is 1. The van der Waals surface area contributed by atoms with Crippen LogP contribution in [0.15, 0.2) is 12.7 Å². The molecule has 0 radical (unpaired) electrons. The third-order valence-electron chi connectivity index (χ3n) is 2.71. The van der Waals surface area contributed by atoms with Crippen molar-refractivity contribution in [3.63, 3.8) is 0 Å². The van der Waals surface area contributed by atoms with Crippen molar-refractivity contribution in [3.05, 3.63) is 12.7 Å². The molecule has 0 aliphatic rings. The van der Waals surface area contributed by atoms with Gasteiger partial charge in [-0.1, -0.05) is 19.9 Å². The van der Waals surface area contributed by atoms with Crippen LogP contribution in [0.5, 0.6) is 0 Å². The molecule has 4 heteroatoms. The van der Waals surface area contributed by atoms with Gasteiger partial charge in [0, 0.05) is 0 Å². The Hall–Kier alpha value is -1.32. The van der Waals surface area contributed by atoms with E-state index in [0.29, 0.717) is 12.8 Å². The number of carbonyl (C=O) groups excluding carboxylic acids is 2. The van der Waals surface area contributed by atoms with Crippen LogP contribution in [-0.4, -0.2) is 17.5 Å². The van der Waals surface area contributed by atoms with Crippen molar-refractivity contribution in [1.29, 1.82) is 0 Å². The van der Waals surface area contributed by atoms with Crippen LogP contribution in [0.25, 0.3) is 0 Å². The minimum Gasteiger partial charge on any atom is -0.460 e. The van der Waals surface area contributed by atoms with E-state index >= 15 is 0 Å². The van der Waals surface area contributed by atoms with E-state index in [-0.39, 0.29) is 11.9 Å². The minimum absolute atomic E-state index is 0.284. The summed E-state index contributed by atoms with van der Waals surface area (Å²) in [7, 11) is 0. The van der Waals surface area contributed by atoms with Crippen LogP contribution < -0.4 is 5.73 Å². The lowest BCUT2D eigenvalue weighted by Crippen LogP contribution is -2.38. The zero-order chi connectivity index (χ0) is 15.2. The normalized spacial score (nSPS) is 14.8. The highest BCUT2D eigenvalue weighted by atomic mass is 16.6. The Bertz CT molecular complexity index is 329. The summed E-state index contributed by atoms with van der Waals surface area (Å²) < 4.78 is 5.37. The highest BCUT2D eigenvalue weighted by molar-refractivity contribution is 5.84. The maximum Gasteiger partial charge on any atom is 0.310 e. The van der Waals surface area contributed by atoms with Crippen molar-refractivity contribution in [2.45, 2.75) is 53.1 Å². The second kappa shape index (κ2) is 7.31.